The Morgan fingerprint density at radius 2 is 2.04 bits per heavy atom. The zero-order valence-corrected chi connectivity index (χ0v) is 15.3. The molecule has 0 aliphatic heterocycles. The number of aryl methyl sites for hydroxylation is 1. The van der Waals surface area contributed by atoms with Crippen molar-refractivity contribution in [3.05, 3.63) is 63.7 Å². The van der Waals surface area contributed by atoms with Crippen molar-refractivity contribution in [2.75, 3.05) is 11.9 Å². The molecule has 8 heteroatoms. The summed E-state index contributed by atoms with van der Waals surface area (Å²) in [5, 5.41) is 16.3. The second-order valence-electron chi connectivity index (χ2n) is 5.56. The number of nitrogens with zero attached hydrogens (tertiary/aromatic N) is 1. The predicted molar refractivity (Wildman–Crippen MR) is 104 cm³/mol. The van der Waals surface area contributed by atoms with Crippen LogP contribution < -0.4 is 15.4 Å². The van der Waals surface area contributed by atoms with Crippen LogP contribution >= 0.6 is 12.2 Å². The average molecular weight is 373 g/mol. The van der Waals surface area contributed by atoms with Gasteiger partial charge in [0.15, 0.2) is 5.11 Å². The van der Waals surface area contributed by atoms with E-state index in [2.05, 4.69) is 10.6 Å². The Labute approximate surface area is 156 Å². The summed E-state index contributed by atoms with van der Waals surface area (Å²) in [7, 11) is 0. The lowest BCUT2D eigenvalue weighted by Gasteiger charge is -2.11. The van der Waals surface area contributed by atoms with Crippen molar-refractivity contribution >= 4 is 34.6 Å². The fourth-order valence-corrected chi connectivity index (χ4v) is 2.38. The van der Waals surface area contributed by atoms with Gasteiger partial charge in [0.2, 0.25) is 0 Å². The van der Waals surface area contributed by atoms with Crippen molar-refractivity contribution in [2.45, 2.75) is 20.3 Å². The van der Waals surface area contributed by atoms with Crippen LogP contribution in [0, 0.1) is 17.0 Å². The molecule has 26 heavy (non-hydrogen) atoms. The molecule has 0 saturated carbocycles. The molecule has 7 nitrogen and oxygen atoms in total. The molecule has 0 aromatic heterocycles. The molecule has 0 aliphatic rings. The molecule has 0 heterocycles. The third kappa shape index (κ3) is 5.25. The number of amides is 1. The van der Waals surface area contributed by atoms with E-state index in [1.165, 1.54) is 6.07 Å². The summed E-state index contributed by atoms with van der Waals surface area (Å²) >= 11 is 5.10. The summed E-state index contributed by atoms with van der Waals surface area (Å²) in [5.41, 5.74) is 1.23. The zero-order chi connectivity index (χ0) is 19.1. The second kappa shape index (κ2) is 8.91. The van der Waals surface area contributed by atoms with Gasteiger partial charge < -0.3 is 10.1 Å². The number of nitrogens with one attached hydrogen (secondary N) is 2. The molecule has 0 aliphatic carbocycles. The summed E-state index contributed by atoms with van der Waals surface area (Å²) in [6.07, 6.45) is 0.861. The largest absolute Gasteiger partial charge is 0.494 e. The molecule has 0 saturated heterocycles. The summed E-state index contributed by atoms with van der Waals surface area (Å²) in [6.45, 7) is 4.30. The Morgan fingerprint density at radius 1 is 1.27 bits per heavy atom. The summed E-state index contributed by atoms with van der Waals surface area (Å²) in [5.74, 6) is 0.159. The second-order valence-corrected chi connectivity index (χ2v) is 5.97. The summed E-state index contributed by atoms with van der Waals surface area (Å²) in [4.78, 5) is 23.0. The predicted octanol–water partition coefficient (Wildman–Crippen LogP) is 3.82. The number of anilines is 1. The first-order valence-corrected chi connectivity index (χ1v) is 8.41. The van der Waals surface area contributed by atoms with E-state index in [0.717, 1.165) is 12.0 Å². The minimum Gasteiger partial charge on any atom is -0.494 e. The molecular weight excluding hydrogens is 354 g/mol. The first-order chi connectivity index (χ1) is 12.4. The van der Waals surface area contributed by atoms with Gasteiger partial charge in [-0.2, -0.15) is 0 Å². The molecular formula is C18H19N3O4S. The minimum absolute atomic E-state index is 0.0261. The first kappa shape index (κ1) is 19.3. The zero-order valence-electron chi connectivity index (χ0n) is 14.4. The maximum atomic E-state index is 12.3. The number of ether oxygens (including phenoxy) is 1. The standard InChI is InChI=1S/C18H19N3O4S/c1-3-9-25-14-6-4-5-13(11-14)17(22)20-18(26)19-15-8-7-12(2)10-16(15)21(23)24/h4-8,10-11H,3,9H2,1-2H3,(H2,19,20,22,26). The molecule has 0 atom stereocenters. The van der Waals surface area contributed by atoms with Crippen LogP contribution in [0.3, 0.4) is 0 Å². The highest BCUT2D eigenvalue weighted by Gasteiger charge is 2.16. The molecule has 1 amide bonds. The number of thiocarbonyl (C=S) groups is 1. The lowest BCUT2D eigenvalue weighted by atomic mass is 10.2. The maximum absolute atomic E-state index is 12.3. The Bertz CT molecular complexity index is 839. The topological polar surface area (TPSA) is 93.5 Å². The van der Waals surface area contributed by atoms with E-state index in [-0.39, 0.29) is 16.5 Å². The quantitative estimate of drug-likeness (QED) is 0.454. The SMILES string of the molecule is CCCOc1cccc(C(=O)NC(=S)Nc2ccc(C)cc2[N+](=O)[O-])c1. The van der Waals surface area contributed by atoms with Crippen LogP contribution in [0.25, 0.3) is 0 Å². The van der Waals surface area contributed by atoms with Crippen LogP contribution in [0.2, 0.25) is 0 Å². The Hall–Kier alpha value is -3.00. The Morgan fingerprint density at radius 3 is 2.73 bits per heavy atom. The molecule has 0 spiro atoms. The lowest BCUT2D eigenvalue weighted by molar-refractivity contribution is -0.383. The highest BCUT2D eigenvalue weighted by atomic mass is 32.1. The maximum Gasteiger partial charge on any atom is 0.292 e. The number of nitro groups is 1. The van der Waals surface area contributed by atoms with Crippen LogP contribution in [0.4, 0.5) is 11.4 Å². The molecule has 2 rings (SSSR count). The summed E-state index contributed by atoms with van der Waals surface area (Å²) in [6, 6.07) is 11.4. The van der Waals surface area contributed by atoms with Gasteiger partial charge >= 0.3 is 0 Å². The van der Waals surface area contributed by atoms with Crippen molar-refractivity contribution in [3.8, 4) is 5.75 Å². The van der Waals surface area contributed by atoms with Crippen molar-refractivity contribution in [1.29, 1.82) is 0 Å². The molecule has 0 unspecified atom stereocenters. The number of rotatable bonds is 6. The van der Waals surface area contributed by atoms with Gasteiger partial charge in [-0.3, -0.25) is 20.2 Å². The van der Waals surface area contributed by atoms with Crippen LogP contribution in [0.5, 0.6) is 5.75 Å². The van der Waals surface area contributed by atoms with E-state index in [0.29, 0.717) is 17.9 Å². The molecule has 2 N–H and O–H groups in total. The van der Waals surface area contributed by atoms with E-state index in [4.69, 9.17) is 17.0 Å². The normalized spacial score (nSPS) is 10.1. The third-order valence-corrected chi connectivity index (χ3v) is 3.60. The van der Waals surface area contributed by atoms with Gasteiger partial charge in [0.25, 0.3) is 11.6 Å². The van der Waals surface area contributed by atoms with E-state index in [9.17, 15) is 14.9 Å². The number of carbonyl (C=O) groups excluding carboxylic acids is 1. The molecule has 0 bridgehead atoms. The van der Waals surface area contributed by atoms with Crippen molar-refractivity contribution in [2.24, 2.45) is 0 Å². The highest BCUT2D eigenvalue weighted by molar-refractivity contribution is 7.80. The van der Waals surface area contributed by atoms with E-state index in [1.54, 1.807) is 43.3 Å². The molecule has 0 fully saturated rings. The number of benzene rings is 2. The van der Waals surface area contributed by atoms with Crippen molar-refractivity contribution in [1.82, 2.24) is 5.32 Å². The van der Waals surface area contributed by atoms with Gasteiger partial charge in [-0.15, -0.1) is 0 Å². The molecule has 2 aromatic rings. The highest BCUT2D eigenvalue weighted by Crippen LogP contribution is 2.25. The van der Waals surface area contributed by atoms with Gasteiger partial charge in [-0.1, -0.05) is 19.1 Å². The van der Waals surface area contributed by atoms with Gasteiger partial charge in [-0.25, -0.2) is 0 Å². The van der Waals surface area contributed by atoms with E-state index in [1.807, 2.05) is 6.92 Å². The molecule has 2 aromatic carbocycles. The third-order valence-electron chi connectivity index (χ3n) is 3.39. The molecule has 0 radical (unpaired) electrons. The van der Waals surface area contributed by atoms with Crippen LogP contribution in [-0.4, -0.2) is 22.5 Å². The fourth-order valence-electron chi connectivity index (χ4n) is 2.17. The van der Waals surface area contributed by atoms with E-state index >= 15 is 0 Å². The van der Waals surface area contributed by atoms with E-state index < -0.39 is 10.8 Å². The van der Waals surface area contributed by atoms with Crippen LogP contribution in [0.15, 0.2) is 42.5 Å². The Balaban J connectivity index is 2.06. The van der Waals surface area contributed by atoms with Gasteiger partial charge in [0.05, 0.1) is 11.5 Å². The van der Waals surface area contributed by atoms with Crippen LogP contribution in [0.1, 0.15) is 29.3 Å². The number of nitro benzene ring substituents is 1. The fraction of sp³-hybridized carbons (Fsp3) is 0.222. The lowest BCUT2D eigenvalue weighted by Crippen LogP contribution is -2.34. The van der Waals surface area contributed by atoms with Gasteiger partial charge in [0.1, 0.15) is 11.4 Å². The average Bonchev–Trinajstić information content (AvgIpc) is 2.61. The smallest absolute Gasteiger partial charge is 0.292 e. The monoisotopic (exact) mass is 373 g/mol. The van der Waals surface area contributed by atoms with Crippen molar-refractivity contribution < 1.29 is 14.5 Å². The summed E-state index contributed by atoms with van der Waals surface area (Å²) < 4.78 is 5.50. The van der Waals surface area contributed by atoms with Gasteiger partial charge in [0, 0.05) is 11.6 Å². The Kier molecular flexibility index (Phi) is 6.62. The number of carbonyl (C=O) groups is 1. The van der Waals surface area contributed by atoms with Gasteiger partial charge in [-0.05, 0) is 55.4 Å². The molecule has 136 valence electrons. The first-order valence-electron chi connectivity index (χ1n) is 8.01. The number of hydrogen-bond donors (Lipinski definition) is 2. The number of hydrogen-bond acceptors (Lipinski definition) is 5. The van der Waals surface area contributed by atoms with Crippen LogP contribution in [-0.2, 0) is 0 Å². The van der Waals surface area contributed by atoms with Crippen molar-refractivity contribution in [3.63, 3.8) is 0 Å². The minimum atomic E-state index is -0.506.